The monoisotopic (exact) mass is 381 g/mol. The highest BCUT2D eigenvalue weighted by molar-refractivity contribution is 5.91. The van der Waals surface area contributed by atoms with E-state index in [1.165, 1.54) is 6.33 Å². The van der Waals surface area contributed by atoms with Gasteiger partial charge in [0.1, 0.15) is 12.1 Å². The number of imidazole rings is 1. The van der Waals surface area contributed by atoms with Crippen LogP contribution >= 0.6 is 0 Å². The van der Waals surface area contributed by atoms with Crippen molar-refractivity contribution >= 4 is 17.8 Å². The summed E-state index contributed by atoms with van der Waals surface area (Å²) in [5.41, 5.74) is 6.47. The minimum Gasteiger partial charge on any atom is -0.480 e. The lowest BCUT2D eigenvalue weighted by Gasteiger charge is -2.23. The van der Waals surface area contributed by atoms with Crippen molar-refractivity contribution in [3.63, 3.8) is 0 Å². The fraction of sp³-hybridized carbons (Fsp3) is 0.667. The molecule has 152 valence electrons. The summed E-state index contributed by atoms with van der Waals surface area (Å²) in [4.78, 5) is 43.3. The molecule has 2 amide bonds. The molecule has 0 aliphatic heterocycles. The highest BCUT2D eigenvalue weighted by Gasteiger charge is 2.29. The first kappa shape index (κ1) is 22.6. The summed E-state index contributed by atoms with van der Waals surface area (Å²) in [6.45, 7) is 7.64. The van der Waals surface area contributed by atoms with Crippen LogP contribution in [-0.2, 0) is 20.8 Å². The molecule has 0 aliphatic rings. The number of nitrogens with two attached hydrogens (primary N) is 1. The van der Waals surface area contributed by atoms with Gasteiger partial charge in [0, 0.05) is 12.6 Å². The zero-order valence-electron chi connectivity index (χ0n) is 16.4. The quantitative estimate of drug-likeness (QED) is 0.375. The standard InChI is InChI=1S/C18H31N5O4/c1-10(2)5-13(19)16(24)22-14(7-12-8-20-9-21-12)17(25)23-15(18(26)27)6-11(3)4/h8-11,13-15H,5-7,19H2,1-4H3,(H,20,21)(H,22,24)(H,23,25)(H,26,27)/t13-,14-,15-/m0/s1. The second kappa shape index (κ2) is 10.7. The van der Waals surface area contributed by atoms with Crippen LogP contribution in [0.2, 0.25) is 0 Å². The van der Waals surface area contributed by atoms with Crippen molar-refractivity contribution in [3.8, 4) is 0 Å². The highest BCUT2D eigenvalue weighted by Crippen LogP contribution is 2.08. The van der Waals surface area contributed by atoms with E-state index in [-0.39, 0.29) is 24.7 Å². The number of hydrogen-bond donors (Lipinski definition) is 5. The molecule has 0 unspecified atom stereocenters. The van der Waals surface area contributed by atoms with E-state index in [0.29, 0.717) is 12.1 Å². The molecule has 9 heteroatoms. The van der Waals surface area contributed by atoms with Crippen LogP contribution < -0.4 is 16.4 Å². The van der Waals surface area contributed by atoms with E-state index in [1.54, 1.807) is 6.20 Å². The molecule has 0 radical (unpaired) electrons. The van der Waals surface area contributed by atoms with Gasteiger partial charge in [-0.2, -0.15) is 0 Å². The second-order valence-corrected chi connectivity index (χ2v) is 7.59. The minimum absolute atomic E-state index is 0.0882. The predicted octanol–water partition coefficient (Wildman–Crippen LogP) is 0.426. The maximum Gasteiger partial charge on any atom is 0.326 e. The topological polar surface area (TPSA) is 150 Å². The summed E-state index contributed by atoms with van der Waals surface area (Å²) >= 11 is 0. The van der Waals surface area contributed by atoms with Crippen molar-refractivity contribution in [2.45, 2.75) is 65.1 Å². The van der Waals surface area contributed by atoms with Crippen LogP contribution in [0.3, 0.4) is 0 Å². The Morgan fingerprint density at radius 2 is 1.67 bits per heavy atom. The van der Waals surface area contributed by atoms with Gasteiger partial charge in [0.15, 0.2) is 0 Å². The summed E-state index contributed by atoms with van der Waals surface area (Å²) in [6.07, 6.45) is 3.98. The predicted molar refractivity (Wildman–Crippen MR) is 101 cm³/mol. The van der Waals surface area contributed by atoms with Crippen molar-refractivity contribution in [1.29, 1.82) is 0 Å². The van der Waals surface area contributed by atoms with Crippen LogP contribution in [0.1, 0.15) is 46.2 Å². The number of nitrogens with one attached hydrogen (secondary N) is 3. The van der Waals surface area contributed by atoms with E-state index in [2.05, 4.69) is 20.6 Å². The Kier molecular flexibility index (Phi) is 8.93. The molecular formula is C18H31N5O4. The molecule has 3 atom stereocenters. The normalized spacial score (nSPS) is 14.6. The highest BCUT2D eigenvalue weighted by atomic mass is 16.4. The maximum absolute atomic E-state index is 12.7. The molecule has 0 aromatic carbocycles. The third-order valence-corrected chi connectivity index (χ3v) is 3.98. The number of hydrogen-bond acceptors (Lipinski definition) is 5. The molecule has 27 heavy (non-hydrogen) atoms. The van der Waals surface area contributed by atoms with Gasteiger partial charge in [0.05, 0.1) is 18.1 Å². The van der Waals surface area contributed by atoms with Gasteiger partial charge in [0.2, 0.25) is 11.8 Å². The zero-order valence-corrected chi connectivity index (χ0v) is 16.4. The number of amides is 2. The van der Waals surface area contributed by atoms with E-state index in [9.17, 15) is 19.5 Å². The average molecular weight is 381 g/mol. The minimum atomic E-state index is -1.11. The van der Waals surface area contributed by atoms with Gasteiger partial charge in [-0.25, -0.2) is 9.78 Å². The molecule has 1 aromatic rings. The van der Waals surface area contributed by atoms with Gasteiger partial charge in [0.25, 0.3) is 0 Å². The number of aromatic nitrogens is 2. The SMILES string of the molecule is CC(C)C[C@H](NC(=O)[C@H](Cc1c[nH]cn1)NC(=O)[C@@H](N)CC(C)C)C(=O)O. The number of aromatic amines is 1. The van der Waals surface area contributed by atoms with Gasteiger partial charge in [-0.3, -0.25) is 9.59 Å². The van der Waals surface area contributed by atoms with Gasteiger partial charge >= 0.3 is 5.97 Å². The van der Waals surface area contributed by atoms with Crippen molar-refractivity contribution in [2.75, 3.05) is 0 Å². The Morgan fingerprint density at radius 1 is 1.07 bits per heavy atom. The third-order valence-electron chi connectivity index (χ3n) is 3.98. The van der Waals surface area contributed by atoms with Crippen molar-refractivity contribution in [2.24, 2.45) is 17.6 Å². The Balaban J connectivity index is 2.87. The van der Waals surface area contributed by atoms with E-state index in [0.717, 1.165) is 0 Å². The lowest BCUT2D eigenvalue weighted by atomic mass is 10.0. The van der Waals surface area contributed by atoms with E-state index in [4.69, 9.17) is 5.73 Å². The van der Waals surface area contributed by atoms with Crippen LogP contribution in [-0.4, -0.2) is 51.0 Å². The van der Waals surface area contributed by atoms with Gasteiger partial charge in [-0.05, 0) is 24.7 Å². The first-order valence-corrected chi connectivity index (χ1v) is 9.16. The molecule has 1 rings (SSSR count). The van der Waals surface area contributed by atoms with Crippen molar-refractivity contribution in [1.82, 2.24) is 20.6 Å². The molecule has 0 aliphatic carbocycles. The van der Waals surface area contributed by atoms with E-state index < -0.39 is 35.9 Å². The molecule has 0 saturated heterocycles. The molecule has 0 saturated carbocycles. The molecule has 1 aromatic heterocycles. The lowest BCUT2D eigenvalue weighted by Crippen LogP contribution is -2.55. The molecule has 0 fully saturated rings. The van der Waals surface area contributed by atoms with Crippen LogP contribution in [0.15, 0.2) is 12.5 Å². The Bertz CT molecular complexity index is 615. The van der Waals surface area contributed by atoms with E-state index >= 15 is 0 Å². The summed E-state index contributed by atoms with van der Waals surface area (Å²) in [5, 5.41) is 14.5. The molecular weight excluding hydrogens is 350 g/mol. The maximum atomic E-state index is 12.7. The molecule has 9 nitrogen and oxygen atoms in total. The van der Waals surface area contributed by atoms with Crippen LogP contribution in [0.4, 0.5) is 0 Å². The number of nitrogens with zero attached hydrogens (tertiary/aromatic N) is 1. The fourth-order valence-corrected chi connectivity index (χ4v) is 2.68. The van der Waals surface area contributed by atoms with Gasteiger partial charge in [-0.15, -0.1) is 0 Å². The largest absolute Gasteiger partial charge is 0.480 e. The number of carbonyl (C=O) groups excluding carboxylic acids is 2. The Morgan fingerprint density at radius 3 is 2.15 bits per heavy atom. The number of rotatable bonds is 11. The molecule has 0 spiro atoms. The first-order chi connectivity index (χ1) is 12.6. The fourth-order valence-electron chi connectivity index (χ4n) is 2.68. The number of H-pyrrole nitrogens is 1. The number of aliphatic carboxylic acids is 1. The zero-order chi connectivity index (χ0) is 20.6. The smallest absolute Gasteiger partial charge is 0.326 e. The summed E-state index contributed by atoms with van der Waals surface area (Å²) in [7, 11) is 0. The molecule has 0 bridgehead atoms. The third kappa shape index (κ3) is 8.21. The average Bonchev–Trinajstić information content (AvgIpc) is 3.05. The molecule has 6 N–H and O–H groups in total. The molecule has 1 heterocycles. The lowest BCUT2D eigenvalue weighted by molar-refractivity contribution is -0.142. The van der Waals surface area contributed by atoms with Crippen LogP contribution in [0.25, 0.3) is 0 Å². The Hall–Kier alpha value is -2.42. The second-order valence-electron chi connectivity index (χ2n) is 7.59. The first-order valence-electron chi connectivity index (χ1n) is 9.16. The number of carbonyl (C=O) groups is 3. The van der Waals surface area contributed by atoms with Gasteiger partial charge < -0.3 is 26.5 Å². The van der Waals surface area contributed by atoms with Gasteiger partial charge in [-0.1, -0.05) is 27.7 Å². The number of carboxylic acid groups (broad SMARTS) is 1. The van der Waals surface area contributed by atoms with Crippen LogP contribution in [0, 0.1) is 11.8 Å². The van der Waals surface area contributed by atoms with Crippen LogP contribution in [0.5, 0.6) is 0 Å². The summed E-state index contributed by atoms with van der Waals surface area (Å²) in [5.74, 6) is -1.82. The van der Waals surface area contributed by atoms with Crippen molar-refractivity contribution < 1.29 is 19.5 Å². The number of carboxylic acids is 1. The van der Waals surface area contributed by atoms with Crippen molar-refractivity contribution in [3.05, 3.63) is 18.2 Å². The summed E-state index contributed by atoms with van der Waals surface area (Å²) < 4.78 is 0. The Labute approximate surface area is 159 Å². The van der Waals surface area contributed by atoms with E-state index in [1.807, 2.05) is 27.7 Å². The summed E-state index contributed by atoms with van der Waals surface area (Å²) in [6, 6.07) is -2.74.